The molecule has 7 heteroatoms. The van der Waals surface area contributed by atoms with E-state index in [9.17, 15) is 4.79 Å². The number of hydrogen-bond acceptors (Lipinski definition) is 4. The van der Waals surface area contributed by atoms with Gasteiger partial charge in [-0.05, 0) is 44.2 Å². The van der Waals surface area contributed by atoms with E-state index in [0.29, 0.717) is 6.04 Å². The van der Waals surface area contributed by atoms with Gasteiger partial charge in [-0.25, -0.2) is 5.01 Å². The summed E-state index contributed by atoms with van der Waals surface area (Å²) in [5, 5.41) is 5.02. The van der Waals surface area contributed by atoms with Crippen LogP contribution in [0.15, 0.2) is 24.5 Å². The number of unbranched alkanes of at least 4 members (excludes halogenated alkanes) is 5. The van der Waals surface area contributed by atoms with E-state index in [4.69, 9.17) is 5.84 Å². The van der Waals surface area contributed by atoms with Crippen LogP contribution in [-0.4, -0.2) is 28.5 Å². The van der Waals surface area contributed by atoms with Gasteiger partial charge in [0.2, 0.25) is 5.91 Å². The molecule has 0 aliphatic heterocycles. The lowest BCUT2D eigenvalue weighted by atomic mass is 9.85. The maximum Gasteiger partial charge on any atom is 0.227 e. The van der Waals surface area contributed by atoms with Crippen LogP contribution in [0, 0.1) is 5.92 Å². The Morgan fingerprint density at radius 2 is 1.67 bits per heavy atom. The van der Waals surface area contributed by atoms with Crippen molar-refractivity contribution < 1.29 is 29.6 Å². The van der Waals surface area contributed by atoms with Crippen LogP contribution in [0.4, 0.5) is 5.69 Å². The third-order valence-electron chi connectivity index (χ3n) is 5.25. The van der Waals surface area contributed by atoms with Crippen molar-refractivity contribution in [1.29, 1.82) is 0 Å². The Labute approximate surface area is 176 Å². The second-order valence-corrected chi connectivity index (χ2v) is 7.24. The largest absolute Gasteiger partial charge is 1.00 e. The number of nitrogens with zero attached hydrogens (tertiary/aromatic N) is 2. The van der Waals surface area contributed by atoms with Gasteiger partial charge < -0.3 is 30.1 Å². The van der Waals surface area contributed by atoms with Gasteiger partial charge >= 0.3 is 0 Å². The van der Waals surface area contributed by atoms with Crippen molar-refractivity contribution in [3.05, 3.63) is 24.5 Å². The summed E-state index contributed by atoms with van der Waals surface area (Å²) >= 11 is 0. The van der Waals surface area contributed by atoms with Crippen molar-refractivity contribution in [3.8, 4) is 0 Å². The molecule has 156 valence electrons. The van der Waals surface area contributed by atoms with E-state index < -0.39 is 0 Å². The minimum absolute atomic E-state index is 0. The summed E-state index contributed by atoms with van der Waals surface area (Å²) in [6.45, 7) is 3.22. The number of nitrogens with two attached hydrogens (primary N) is 1. The third kappa shape index (κ3) is 9.74. The van der Waals surface area contributed by atoms with Crippen LogP contribution < -0.4 is 36.0 Å². The van der Waals surface area contributed by atoms with Crippen LogP contribution in [0.1, 0.15) is 71.1 Å². The molecule has 1 aliphatic rings. The highest BCUT2D eigenvalue weighted by atomic mass is 35.5. The zero-order chi connectivity index (χ0) is 17.9. The molecule has 0 aromatic carbocycles. The van der Waals surface area contributed by atoms with Crippen LogP contribution in [-0.2, 0) is 4.79 Å². The molecule has 5 nitrogen and oxygen atoms in total. The maximum atomic E-state index is 12.4. The molecule has 27 heavy (non-hydrogen) atoms. The van der Waals surface area contributed by atoms with Crippen molar-refractivity contribution >= 4 is 11.6 Å². The number of anilines is 1. The van der Waals surface area contributed by atoms with Crippen LogP contribution in [0.25, 0.3) is 0 Å². The van der Waals surface area contributed by atoms with Gasteiger partial charge in [-0.2, -0.15) is 0 Å². The molecule has 0 radical (unpaired) electrons. The monoisotopic (exact) mass is 416 g/mol. The Bertz CT molecular complexity index is 496. The molecule has 1 heterocycles. The Kier molecular flexibility index (Phi) is 14.6. The number of hydrazine groups is 1. The summed E-state index contributed by atoms with van der Waals surface area (Å²) < 4.78 is 0. The van der Waals surface area contributed by atoms with Gasteiger partial charge in [-0.15, -0.1) is 0 Å². The summed E-state index contributed by atoms with van der Waals surface area (Å²) in [4.78, 5) is 16.3. The summed E-state index contributed by atoms with van der Waals surface area (Å²) in [5.74, 6) is 6.49. The van der Waals surface area contributed by atoms with Crippen LogP contribution in [0.3, 0.4) is 0 Å². The lowest BCUT2D eigenvalue weighted by molar-refractivity contribution is -0.121. The molecule has 0 spiro atoms. The molecule has 1 amide bonds. The van der Waals surface area contributed by atoms with Crippen molar-refractivity contribution in [2.45, 2.75) is 77.2 Å². The highest BCUT2D eigenvalue weighted by Crippen LogP contribution is 2.27. The molecule has 3 N–H and O–H groups in total. The molecule has 2 rings (SSSR count). The number of pyridine rings is 1. The van der Waals surface area contributed by atoms with Gasteiger partial charge in [0.25, 0.3) is 0 Å². The second-order valence-electron chi connectivity index (χ2n) is 7.24. The van der Waals surface area contributed by atoms with E-state index in [0.717, 1.165) is 37.9 Å². The minimum atomic E-state index is 0. The molecule has 1 fully saturated rings. The molecule has 0 saturated heterocycles. The first-order valence-corrected chi connectivity index (χ1v) is 9.93. The molecule has 1 saturated carbocycles. The maximum absolute atomic E-state index is 12.4. The summed E-state index contributed by atoms with van der Waals surface area (Å²) in [6, 6.07) is 4.08. The van der Waals surface area contributed by atoms with E-state index in [-0.39, 0.29) is 36.6 Å². The van der Waals surface area contributed by atoms with Gasteiger partial charge in [0.1, 0.15) is 0 Å². The predicted molar refractivity (Wildman–Crippen MR) is 103 cm³/mol. The Morgan fingerprint density at radius 3 is 2.30 bits per heavy atom. The van der Waals surface area contributed by atoms with E-state index in [1.54, 1.807) is 12.4 Å². The number of amides is 1. The van der Waals surface area contributed by atoms with Crippen LogP contribution in [0.5, 0.6) is 0 Å². The molecule has 1 aliphatic carbocycles. The highest BCUT2D eigenvalue weighted by molar-refractivity contribution is 5.92. The van der Waals surface area contributed by atoms with Gasteiger partial charge in [-0.3, -0.25) is 15.6 Å². The van der Waals surface area contributed by atoms with E-state index in [2.05, 4.69) is 17.2 Å². The molecule has 1 aromatic rings. The van der Waals surface area contributed by atoms with E-state index in [1.165, 1.54) is 38.5 Å². The summed E-state index contributed by atoms with van der Waals surface area (Å²) in [5.41, 5.74) is 0.825. The first kappa shape index (κ1) is 26.1. The number of rotatable bonds is 10. The lowest BCUT2D eigenvalue weighted by Crippen LogP contribution is -3.00. The number of carbonyl (C=O) groups is 1. The SMILES string of the molecule is CCCCCCCCN(N)C1CCC(C(=O)Nc2ccncc2)CC1.[Cl-].[Cl-]. The molecular weight excluding hydrogens is 383 g/mol. The van der Waals surface area contributed by atoms with Crippen molar-refractivity contribution in [3.63, 3.8) is 0 Å². The summed E-state index contributed by atoms with van der Waals surface area (Å²) in [6.07, 6.45) is 15.0. The topological polar surface area (TPSA) is 71.2 Å². The number of aromatic nitrogens is 1. The van der Waals surface area contributed by atoms with Gasteiger partial charge in [0.05, 0.1) is 0 Å². The fourth-order valence-electron chi connectivity index (χ4n) is 3.61. The number of halogens is 2. The van der Waals surface area contributed by atoms with Gasteiger partial charge in [-0.1, -0.05) is 39.0 Å². The average Bonchev–Trinajstić information content (AvgIpc) is 2.65. The van der Waals surface area contributed by atoms with E-state index in [1.807, 2.05) is 17.1 Å². The Balaban J connectivity index is 0.00000338. The molecule has 1 aromatic heterocycles. The first-order chi connectivity index (χ1) is 12.2. The lowest BCUT2D eigenvalue weighted by Gasteiger charge is -2.33. The molecular formula is C20H34Cl2N4O-2. The van der Waals surface area contributed by atoms with Crippen molar-refractivity contribution in [2.24, 2.45) is 11.8 Å². The standard InChI is InChI=1S/C20H34N4O.2ClH/c1-2-3-4-5-6-7-16-24(21)19-10-8-17(9-11-19)20(25)23-18-12-14-22-15-13-18;;/h12-15,17,19H,2-11,16,21H2,1H3,(H,22,23,25);2*1H/p-2. The predicted octanol–water partition coefficient (Wildman–Crippen LogP) is -1.88. The van der Waals surface area contributed by atoms with Gasteiger partial charge in [0, 0.05) is 36.6 Å². The van der Waals surface area contributed by atoms with Crippen molar-refractivity contribution in [1.82, 2.24) is 9.99 Å². The fraction of sp³-hybridized carbons (Fsp3) is 0.700. The smallest absolute Gasteiger partial charge is 0.227 e. The highest BCUT2D eigenvalue weighted by Gasteiger charge is 2.28. The van der Waals surface area contributed by atoms with Crippen molar-refractivity contribution in [2.75, 3.05) is 11.9 Å². The zero-order valence-corrected chi connectivity index (χ0v) is 17.9. The second kappa shape index (κ2) is 15.1. The third-order valence-corrected chi connectivity index (χ3v) is 5.25. The molecule has 0 bridgehead atoms. The molecule has 0 atom stereocenters. The molecule has 0 unspecified atom stereocenters. The first-order valence-electron chi connectivity index (χ1n) is 9.93. The zero-order valence-electron chi connectivity index (χ0n) is 16.4. The van der Waals surface area contributed by atoms with Crippen LogP contribution in [0.2, 0.25) is 0 Å². The fourth-order valence-corrected chi connectivity index (χ4v) is 3.61. The Morgan fingerprint density at radius 1 is 1.07 bits per heavy atom. The minimum Gasteiger partial charge on any atom is -1.00 e. The summed E-state index contributed by atoms with van der Waals surface area (Å²) in [7, 11) is 0. The van der Waals surface area contributed by atoms with Gasteiger partial charge in [0.15, 0.2) is 0 Å². The average molecular weight is 417 g/mol. The number of hydrogen-bond donors (Lipinski definition) is 2. The quantitative estimate of drug-likeness (QED) is 0.266. The number of nitrogens with one attached hydrogen (secondary N) is 1. The normalized spacial score (nSPS) is 19.1. The Hall–Kier alpha value is -0.880. The number of carbonyl (C=O) groups excluding carboxylic acids is 1. The van der Waals surface area contributed by atoms with E-state index >= 15 is 0 Å². The van der Waals surface area contributed by atoms with Crippen LogP contribution >= 0.6 is 0 Å².